The van der Waals surface area contributed by atoms with Gasteiger partial charge in [0.05, 0.1) is 5.56 Å². The third kappa shape index (κ3) is 2.95. The van der Waals surface area contributed by atoms with Gasteiger partial charge in [0.2, 0.25) is 6.79 Å². The molecule has 0 aromatic heterocycles. The zero-order valence-electron chi connectivity index (χ0n) is 10.8. The molecular weight excluding hydrogens is 340 g/mol. The molecule has 0 aliphatic carbocycles. The minimum absolute atomic E-state index is 0.0220. The number of halogens is 1. The second-order valence-corrected chi connectivity index (χ2v) is 5.28. The van der Waals surface area contributed by atoms with Gasteiger partial charge in [0.1, 0.15) is 12.4 Å². The average molecular weight is 351 g/mol. The molecule has 1 N–H and O–H groups in total. The van der Waals surface area contributed by atoms with E-state index in [1.54, 1.807) is 24.3 Å². The molecule has 0 spiro atoms. The van der Waals surface area contributed by atoms with Crippen LogP contribution in [0.1, 0.15) is 15.9 Å². The number of aromatic hydroxyl groups is 1. The van der Waals surface area contributed by atoms with Gasteiger partial charge < -0.3 is 19.3 Å². The van der Waals surface area contributed by atoms with Crippen molar-refractivity contribution in [3.63, 3.8) is 0 Å². The van der Waals surface area contributed by atoms with E-state index in [9.17, 15) is 9.90 Å². The molecule has 1 heterocycles. The van der Waals surface area contributed by atoms with Crippen molar-refractivity contribution in [2.24, 2.45) is 0 Å². The van der Waals surface area contributed by atoms with E-state index in [1.807, 2.05) is 0 Å². The molecule has 0 amide bonds. The zero-order chi connectivity index (χ0) is 14.8. The Morgan fingerprint density at radius 1 is 1.24 bits per heavy atom. The second-order valence-electron chi connectivity index (χ2n) is 4.42. The number of hydrogen-bond acceptors (Lipinski definition) is 5. The first-order valence-electron chi connectivity index (χ1n) is 6.17. The molecule has 0 atom stereocenters. The lowest BCUT2D eigenvalue weighted by molar-refractivity contribution is 0.0471. The minimum atomic E-state index is -0.504. The Balaban J connectivity index is 1.72. The van der Waals surface area contributed by atoms with E-state index < -0.39 is 5.97 Å². The summed E-state index contributed by atoms with van der Waals surface area (Å²) in [5.41, 5.74) is 1.07. The Morgan fingerprint density at radius 2 is 2.00 bits per heavy atom. The zero-order valence-corrected chi connectivity index (χ0v) is 12.4. The summed E-state index contributed by atoms with van der Waals surface area (Å²) in [6.07, 6.45) is 0. The summed E-state index contributed by atoms with van der Waals surface area (Å²) in [5.74, 6) is 0.802. The van der Waals surface area contributed by atoms with E-state index in [0.29, 0.717) is 17.1 Å². The Morgan fingerprint density at radius 3 is 2.76 bits per heavy atom. The van der Waals surface area contributed by atoms with Gasteiger partial charge in [-0.05, 0) is 30.3 Å². The maximum Gasteiger partial charge on any atom is 0.338 e. The molecule has 0 unspecified atom stereocenters. The molecule has 0 radical (unpaired) electrons. The highest BCUT2D eigenvalue weighted by Gasteiger charge is 2.17. The fourth-order valence-electron chi connectivity index (χ4n) is 1.93. The summed E-state index contributed by atoms with van der Waals surface area (Å²) in [5, 5.41) is 9.35. The molecule has 0 fully saturated rings. The Bertz CT molecular complexity index is 698. The summed E-state index contributed by atoms with van der Waals surface area (Å²) >= 11 is 3.40. The van der Waals surface area contributed by atoms with Crippen molar-refractivity contribution in [1.82, 2.24) is 0 Å². The van der Waals surface area contributed by atoms with Crippen molar-refractivity contribution in [1.29, 1.82) is 0 Å². The fourth-order valence-corrected chi connectivity index (χ4v) is 2.37. The topological polar surface area (TPSA) is 65.0 Å². The van der Waals surface area contributed by atoms with Crippen molar-refractivity contribution in [2.45, 2.75) is 6.61 Å². The molecule has 0 bridgehead atoms. The van der Waals surface area contributed by atoms with Crippen LogP contribution in [0.4, 0.5) is 0 Å². The van der Waals surface area contributed by atoms with Gasteiger partial charge in [-0.1, -0.05) is 22.0 Å². The average Bonchev–Trinajstić information content (AvgIpc) is 2.91. The Kier molecular flexibility index (Phi) is 3.70. The summed E-state index contributed by atoms with van der Waals surface area (Å²) < 4.78 is 16.5. The molecule has 1 aliphatic rings. The van der Waals surface area contributed by atoms with Crippen LogP contribution in [-0.2, 0) is 11.3 Å². The van der Waals surface area contributed by atoms with E-state index >= 15 is 0 Å². The number of phenols is 1. The van der Waals surface area contributed by atoms with Gasteiger partial charge in [0, 0.05) is 10.0 Å². The van der Waals surface area contributed by atoms with E-state index in [-0.39, 0.29) is 19.1 Å². The van der Waals surface area contributed by atoms with E-state index in [4.69, 9.17) is 14.2 Å². The van der Waals surface area contributed by atoms with Crippen LogP contribution in [0.2, 0.25) is 0 Å². The van der Waals surface area contributed by atoms with Crippen molar-refractivity contribution >= 4 is 21.9 Å². The van der Waals surface area contributed by atoms with Crippen molar-refractivity contribution in [3.8, 4) is 17.2 Å². The molecule has 0 saturated heterocycles. The van der Waals surface area contributed by atoms with Crippen LogP contribution in [0.3, 0.4) is 0 Å². The van der Waals surface area contributed by atoms with Crippen LogP contribution in [0.15, 0.2) is 40.9 Å². The van der Waals surface area contributed by atoms with Crippen molar-refractivity contribution in [3.05, 3.63) is 52.0 Å². The SMILES string of the molecule is O=C(OCc1cc2c(cc1Br)OCO2)c1cccc(O)c1. The summed E-state index contributed by atoms with van der Waals surface area (Å²) in [4.78, 5) is 11.9. The van der Waals surface area contributed by atoms with Crippen molar-refractivity contribution in [2.75, 3.05) is 6.79 Å². The lowest BCUT2D eigenvalue weighted by Gasteiger charge is -2.08. The van der Waals surface area contributed by atoms with Gasteiger partial charge in [0.15, 0.2) is 11.5 Å². The predicted octanol–water partition coefficient (Wildman–Crippen LogP) is 3.24. The molecule has 21 heavy (non-hydrogen) atoms. The molecule has 1 aliphatic heterocycles. The molecule has 0 saturated carbocycles. The van der Waals surface area contributed by atoms with E-state index in [0.717, 1.165) is 10.0 Å². The van der Waals surface area contributed by atoms with Crippen LogP contribution < -0.4 is 9.47 Å². The largest absolute Gasteiger partial charge is 0.508 e. The lowest BCUT2D eigenvalue weighted by Crippen LogP contribution is -2.05. The molecule has 6 heteroatoms. The highest BCUT2D eigenvalue weighted by Crippen LogP contribution is 2.37. The molecule has 5 nitrogen and oxygen atoms in total. The number of benzene rings is 2. The third-order valence-corrected chi connectivity index (χ3v) is 3.72. The number of ether oxygens (including phenoxy) is 3. The van der Waals surface area contributed by atoms with Gasteiger partial charge in [-0.3, -0.25) is 0 Å². The molecule has 2 aromatic carbocycles. The summed E-state index contributed by atoms with van der Waals surface area (Å²) in [6, 6.07) is 9.56. The number of fused-ring (bicyclic) bond motifs is 1. The normalized spacial score (nSPS) is 12.2. The van der Waals surface area contributed by atoms with Gasteiger partial charge in [-0.2, -0.15) is 0 Å². The predicted molar refractivity (Wildman–Crippen MR) is 77.5 cm³/mol. The van der Waals surface area contributed by atoms with Crippen LogP contribution in [0, 0.1) is 0 Å². The second kappa shape index (κ2) is 5.65. The van der Waals surface area contributed by atoms with Crippen LogP contribution >= 0.6 is 15.9 Å². The first-order chi connectivity index (χ1) is 10.1. The highest BCUT2D eigenvalue weighted by molar-refractivity contribution is 9.10. The maximum atomic E-state index is 11.9. The number of phenolic OH excluding ortho intramolecular Hbond substituents is 1. The smallest absolute Gasteiger partial charge is 0.338 e. The Labute approximate surface area is 129 Å². The third-order valence-electron chi connectivity index (χ3n) is 2.98. The monoisotopic (exact) mass is 350 g/mol. The maximum absolute atomic E-state index is 11.9. The Hall–Kier alpha value is -2.21. The first-order valence-corrected chi connectivity index (χ1v) is 6.97. The number of carbonyl (C=O) groups excluding carboxylic acids is 1. The lowest BCUT2D eigenvalue weighted by atomic mass is 10.2. The molecule has 108 valence electrons. The number of esters is 1. The number of rotatable bonds is 3. The van der Waals surface area contributed by atoms with Crippen LogP contribution in [0.5, 0.6) is 17.2 Å². The quantitative estimate of drug-likeness (QED) is 0.860. The minimum Gasteiger partial charge on any atom is -0.508 e. The van der Waals surface area contributed by atoms with Crippen molar-refractivity contribution < 1.29 is 24.1 Å². The van der Waals surface area contributed by atoms with Gasteiger partial charge in [0.25, 0.3) is 0 Å². The van der Waals surface area contributed by atoms with E-state index in [1.165, 1.54) is 12.1 Å². The van der Waals surface area contributed by atoms with Gasteiger partial charge in [-0.25, -0.2) is 4.79 Å². The van der Waals surface area contributed by atoms with Crippen LogP contribution in [0.25, 0.3) is 0 Å². The van der Waals surface area contributed by atoms with Crippen LogP contribution in [-0.4, -0.2) is 17.9 Å². The van der Waals surface area contributed by atoms with Gasteiger partial charge in [-0.15, -0.1) is 0 Å². The highest BCUT2D eigenvalue weighted by atomic mass is 79.9. The number of carbonyl (C=O) groups is 1. The molecular formula is C15H11BrO5. The fraction of sp³-hybridized carbons (Fsp3) is 0.133. The summed E-state index contributed by atoms with van der Waals surface area (Å²) in [6.45, 7) is 0.278. The molecule has 3 rings (SSSR count). The standard InChI is InChI=1S/C15H11BrO5/c16-12-6-14-13(20-8-21-14)5-10(12)7-19-15(18)9-2-1-3-11(17)4-9/h1-6,17H,7-8H2. The van der Waals surface area contributed by atoms with Gasteiger partial charge >= 0.3 is 5.97 Å². The first kappa shape index (κ1) is 13.8. The molecule has 2 aromatic rings. The van der Waals surface area contributed by atoms with E-state index in [2.05, 4.69) is 15.9 Å². The summed E-state index contributed by atoms with van der Waals surface area (Å²) in [7, 11) is 0. The number of hydrogen-bond donors (Lipinski definition) is 1.